The molecule has 1 aromatic carbocycles. The molecule has 0 aliphatic heterocycles. The molecule has 1 heterocycles. The zero-order valence-corrected chi connectivity index (χ0v) is 8.71. The first kappa shape index (κ1) is 9.21. The van der Waals surface area contributed by atoms with E-state index in [1.54, 1.807) is 29.9 Å². The zero-order chi connectivity index (χ0) is 10.3. The van der Waals surface area contributed by atoms with E-state index in [2.05, 4.69) is 5.10 Å². The fourth-order valence-electron chi connectivity index (χ4n) is 1.51. The molecule has 2 aromatic rings. The van der Waals surface area contributed by atoms with Crippen molar-refractivity contribution in [3.63, 3.8) is 0 Å². The van der Waals surface area contributed by atoms with Crippen LogP contribution in [-0.2, 0) is 7.05 Å². The number of hydrogen-bond acceptors (Lipinski definition) is 2. The SMILES string of the molecule is Cc1n[n+](C)c(Cl)c2ccc(O)cc12. The molecule has 0 unspecified atom stereocenters. The van der Waals surface area contributed by atoms with Gasteiger partial charge in [-0.1, -0.05) is 4.68 Å². The second-order valence-electron chi connectivity index (χ2n) is 3.23. The molecular formula is C10H10ClN2O+. The molecule has 0 spiro atoms. The van der Waals surface area contributed by atoms with E-state index in [0.717, 1.165) is 16.5 Å². The van der Waals surface area contributed by atoms with Crippen molar-refractivity contribution in [1.82, 2.24) is 5.10 Å². The normalized spacial score (nSPS) is 10.8. The number of benzene rings is 1. The Labute approximate surface area is 86.6 Å². The highest BCUT2D eigenvalue weighted by Crippen LogP contribution is 2.24. The Morgan fingerprint density at radius 3 is 2.79 bits per heavy atom. The van der Waals surface area contributed by atoms with Gasteiger partial charge < -0.3 is 5.11 Å². The van der Waals surface area contributed by atoms with Gasteiger partial charge in [-0.05, 0) is 41.8 Å². The van der Waals surface area contributed by atoms with Crippen LogP contribution < -0.4 is 4.68 Å². The van der Waals surface area contributed by atoms with Gasteiger partial charge in [-0.3, -0.25) is 0 Å². The largest absolute Gasteiger partial charge is 0.508 e. The molecule has 72 valence electrons. The summed E-state index contributed by atoms with van der Waals surface area (Å²) >= 11 is 6.07. The average molecular weight is 210 g/mol. The van der Waals surface area contributed by atoms with Gasteiger partial charge >= 0.3 is 5.15 Å². The molecule has 14 heavy (non-hydrogen) atoms. The molecule has 1 N–H and O–H groups in total. The van der Waals surface area contributed by atoms with E-state index in [4.69, 9.17) is 11.6 Å². The van der Waals surface area contributed by atoms with E-state index < -0.39 is 0 Å². The van der Waals surface area contributed by atoms with Crippen molar-refractivity contribution in [3.05, 3.63) is 29.0 Å². The highest BCUT2D eigenvalue weighted by molar-refractivity contribution is 6.33. The molecular weight excluding hydrogens is 200 g/mol. The Balaban J connectivity index is 2.94. The van der Waals surface area contributed by atoms with Crippen LogP contribution in [0.2, 0.25) is 5.15 Å². The number of fused-ring (bicyclic) bond motifs is 1. The number of phenolic OH excluding ortho intramolecular Hbond substituents is 1. The maximum Gasteiger partial charge on any atom is 0.308 e. The summed E-state index contributed by atoms with van der Waals surface area (Å²) in [5.74, 6) is 0.229. The van der Waals surface area contributed by atoms with E-state index in [1.165, 1.54) is 0 Å². The second-order valence-corrected chi connectivity index (χ2v) is 3.59. The Kier molecular flexibility index (Phi) is 2.04. The lowest BCUT2D eigenvalue weighted by Crippen LogP contribution is -2.35. The monoisotopic (exact) mass is 209 g/mol. The van der Waals surface area contributed by atoms with Crippen LogP contribution in [-0.4, -0.2) is 10.2 Å². The van der Waals surface area contributed by atoms with Crippen LogP contribution in [0.25, 0.3) is 10.8 Å². The van der Waals surface area contributed by atoms with Crippen LogP contribution in [0.4, 0.5) is 0 Å². The van der Waals surface area contributed by atoms with E-state index in [9.17, 15) is 5.11 Å². The van der Waals surface area contributed by atoms with E-state index in [0.29, 0.717) is 5.15 Å². The van der Waals surface area contributed by atoms with Gasteiger partial charge in [0.25, 0.3) is 0 Å². The van der Waals surface area contributed by atoms with Gasteiger partial charge in [0.2, 0.25) is 0 Å². The van der Waals surface area contributed by atoms with E-state index in [1.807, 2.05) is 6.92 Å². The highest BCUT2D eigenvalue weighted by atomic mass is 35.5. The van der Waals surface area contributed by atoms with Crippen molar-refractivity contribution >= 4 is 22.4 Å². The lowest BCUT2D eigenvalue weighted by Gasteiger charge is -2.01. The van der Waals surface area contributed by atoms with Crippen LogP contribution in [0.15, 0.2) is 18.2 Å². The fourth-order valence-corrected chi connectivity index (χ4v) is 1.71. The number of nitrogens with zero attached hydrogens (tertiary/aromatic N) is 2. The van der Waals surface area contributed by atoms with Crippen LogP contribution in [0.1, 0.15) is 5.69 Å². The number of phenols is 1. The number of halogens is 1. The fraction of sp³-hybridized carbons (Fsp3) is 0.200. The lowest BCUT2D eigenvalue weighted by atomic mass is 10.1. The van der Waals surface area contributed by atoms with Crippen molar-refractivity contribution in [2.45, 2.75) is 6.92 Å². The van der Waals surface area contributed by atoms with Gasteiger partial charge in [-0.15, -0.1) is 0 Å². The number of rotatable bonds is 0. The molecule has 0 saturated heterocycles. The Hall–Kier alpha value is -1.35. The molecule has 0 bridgehead atoms. The molecule has 3 nitrogen and oxygen atoms in total. The number of hydrogen-bond donors (Lipinski definition) is 1. The lowest BCUT2D eigenvalue weighted by molar-refractivity contribution is -0.727. The molecule has 1 aromatic heterocycles. The van der Waals surface area contributed by atoms with Crippen LogP contribution >= 0.6 is 11.6 Å². The molecule has 0 fully saturated rings. The highest BCUT2D eigenvalue weighted by Gasteiger charge is 2.14. The van der Waals surface area contributed by atoms with Gasteiger partial charge in [0.05, 0.1) is 5.39 Å². The van der Waals surface area contributed by atoms with Gasteiger partial charge in [0.15, 0.2) is 7.05 Å². The van der Waals surface area contributed by atoms with Crippen molar-refractivity contribution in [2.75, 3.05) is 0 Å². The molecule has 0 aliphatic rings. The van der Waals surface area contributed by atoms with E-state index >= 15 is 0 Å². The summed E-state index contributed by atoms with van der Waals surface area (Å²) in [4.78, 5) is 0. The molecule has 4 heteroatoms. The standard InChI is InChI=1S/C10H9ClN2O/c1-6-9-5-7(14)3-4-8(9)10(11)13(2)12-6/h3-5H,1-2H3/p+1. The first-order valence-electron chi connectivity index (χ1n) is 4.25. The maximum atomic E-state index is 9.34. The summed E-state index contributed by atoms with van der Waals surface area (Å²) in [6, 6.07) is 5.08. The summed E-state index contributed by atoms with van der Waals surface area (Å²) in [5.41, 5.74) is 0.850. The van der Waals surface area contributed by atoms with E-state index in [-0.39, 0.29) is 5.75 Å². The minimum atomic E-state index is 0.229. The summed E-state index contributed by atoms with van der Waals surface area (Å²) in [5, 5.41) is 15.9. The minimum absolute atomic E-state index is 0.229. The van der Waals surface area contributed by atoms with Crippen molar-refractivity contribution < 1.29 is 9.79 Å². The summed E-state index contributed by atoms with van der Waals surface area (Å²) in [7, 11) is 1.79. The Morgan fingerprint density at radius 2 is 2.07 bits per heavy atom. The maximum absolute atomic E-state index is 9.34. The molecule has 2 rings (SSSR count). The molecule has 0 radical (unpaired) electrons. The number of aromatic hydroxyl groups is 1. The van der Waals surface area contributed by atoms with Gasteiger partial charge in [0, 0.05) is 5.39 Å². The van der Waals surface area contributed by atoms with Gasteiger partial charge in [-0.25, -0.2) is 0 Å². The average Bonchev–Trinajstić information content (AvgIpc) is 2.14. The predicted octanol–water partition coefficient (Wildman–Crippen LogP) is 1.73. The predicted molar refractivity (Wildman–Crippen MR) is 54.3 cm³/mol. The molecule has 0 amide bonds. The summed E-state index contributed by atoms with van der Waals surface area (Å²) in [6.45, 7) is 1.89. The Bertz CT molecular complexity index is 511. The van der Waals surface area contributed by atoms with Crippen LogP contribution in [0.3, 0.4) is 0 Å². The third-order valence-electron chi connectivity index (χ3n) is 2.20. The minimum Gasteiger partial charge on any atom is -0.508 e. The summed E-state index contributed by atoms with van der Waals surface area (Å²) < 4.78 is 1.62. The Morgan fingerprint density at radius 1 is 1.36 bits per heavy atom. The third kappa shape index (κ3) is 1.30. The van der Waals surface area contributed by atoms with Crippen LogP contribution in [0, 0.1) is 6.92 Å². The first-order valence-corrected chi connectivity index (χ1v) is 4.62. The number of aryl methyl sites for hydroxylation is 2. The molecule has 0 saturated carbocycles. The first-order chi connectivity index (χ1) is 6.59. The summed E-state index contributed by atoms with van der Waals surface area (Å²) in [6.07, 6.45) is 0. The zero-order valence-electron chi connectivity index (χ0n) is 7.95. The third-order valence-corrected chi connectivity index (χ3v) is 2.65. The van der Waals surface area contributed by atoms with Crippen LogP contribution in [0.5, 0.6) is 5.75 Å². The van der Waals surface area contributed by atoms with Crippen molar-refractivity contribution in [3.8, 4) is 5.75 Å². The van der Waals surface area contributed by atoms with Crippen molar-refractivity contribution in [1.29, 1.82) is 0 Å². The quantitative estimate of drug-likeness (QED) is 0.671. The topological polar surface area (TPSA) is 37.0 Å². The smallest absolute Gasteiger partial charge is 0.308 e. The van der Waals surface area contributed by atoms with Crippen molar-refractivity contribution in [2.24, 2.45) is 7.05 Å². The van der Waals surface area contributed by atoms with Gasteiger partial charge in [-0.2, -0.15) is 0 Å². The molecule has 0 aliphatic carbocycles. The number of aromatic nitrogens is 2. The molecule has 0 atom stereocenters. The second kappa shape index (κ2) is 3.10. The van der Waals surface area contributed by atoms with Gasteiger partial charge in [0.1, 0.15) is 11.4 Å².